The van der Waals surface area contributed by atoms with Gasteiger partial charge in [0.25, 0.3) is 0 Å². The van der Waals surface area contributed by atoms with Gasteiger partial charge >= 0.3 is 0 Å². The average molecular weight is 408 g/mol. The molecule has 0 bridgehead atoms. The number of ether oxygens (including phenoxy) is 1. The van der Waals surface area contributed by atoms with E-state index in [0.717, 1.165) is 17.0 Å². The number of rotatable bonds is 4. The van der Waals surface area contributed by atoms with Gasteiger partial charge in [-0.15, -0.1) is 24.0 Å². The van der Waals surface area contributed by atoms with Crippen molar-refractivity contribution in [2.45, 2.75) is 6.54 Å². The number of hydrogen-bond acceptors (Lipinski definition) is 3. The highest BCUT2D eigenvalue weighted by Gasteiger charge is 1.98. The molecule has 0 fully saturated rings. The van der Waals surface area contributed by atoms with E-state index in [2.05, 4.69) is 16.4 Å². The highest BCUT2D eigenvalue weighted by atomic mass is 127. The van der Waals surface area contributed by atoms with E-state index in [1.807, 2.05) is 36.4 Å². The highest BCUT2D eigenvalue weighted by Crippen LogP contribution is 2.16. The van der Waals surface area contributed by atoms with E-state index in [0.29, 0.717) is 18.1 Å². The Bertz CT molecular complexity index is 677. The van der Waals surface area contributed by atoms with Crippen molar-refractivity contribution in [2.75, 3.05) is 12.4 Å². The minimum atomic E-state index is 0. The Balaban J connectivity index is 0.00000242. The maximum Gasteiger partial charge on any atom is 0.193 e. The second-order valence-electron chi connectivity index (χ2n) is 4.37. The summed E-state index contributed by atoms with van der Waals surface area (Å²) in [6.07, 6.45) is 0. The maximum atomic E-state index is 8.74. The first kappa shape index (κ1) is 17.8. The van der Waals surface area contributed by atoms with Gasteiger partial charge in [-0.2, -0.15) is 5.26 Å². The molecule has 0 aliphatic rings. The van der Waals surface area contributed by atoms with Gasteiger partial charge in [0.1, 0.15) is 5.75 Å². The van der Waals surface area contributed by atoms with Crippen molar-refractivity contribution >= 4 is 35.6 Å². The van der Waals surface area contributed by atoms with Gasteiger partial charge < -0.3 is 15.8 Å². The van der Waals surface area contributed by atoms with Gasteiger partial charge in [-0.1, -0.05) is 18.2 Å². The summed E-state index contributed by atoms with van der Waals surface area (Å²) in [6, 6.07) is 16.8. The van der Waals surface area contributed by atoms with Crippen LogP contribution >= 0.6 is 24.0 Å². The third-order valence-electron chi connectivity index (χ3n) is 2.86. The number of halogens is 1. The van der Waals surface area contributed by atoms with Gasteiger partial charge in [0.05, 0.1) is 25.3 Å². The summed E-state index contributed by atoms with van der Waals surface area (Å²) in [5, 5.41) is 11.7. The Morgan fingerprint density at radius 1 is 1.27 bits per heavy atom. The van der Waals surface area contributed by atoms with Crippen LogP contribution in [0.15, 0.2) is 53.5 Å². The Hall–Kier alpha value is -2.27. The van der Waals surface area contributed by atoms with Crippen LogP contribution in [0.2, 0.25) is 0 Å². The van der Waals surface area contributed by atoms with Crippen molar-refractivity contribution in [3.05, 3.63) is 59.7 Å². The van der Waals surface area contributed by atoms with Gasteiger partial charge in [0.2, 0.25) is 0 Å². The molecule has 114 valence electrons. The van der Waals surface area contributed by atoms with Crippen LogP contribution in [0.25, 0.3) is 0 Å². The molecule has 0 unspecified atom stereocenters. The number of nitriles is 1. The van der Waals surface area contributed by atoms with Gasteiger partial charge in [0, 0.05) is 11.8 Å². The van der Waals surface area contributed by atoms with Crippen molar-refractivity contribution < 1.29 is 4.74 Å². The summed E-state index contributed by atoms with van der Waals surface area (Å²) < 4.78 is 5.14. The molecule has 0 aliphatic carbocycles. The van der Waals surface area contributed by atoms with E-state index < -0.39 is 0 Å². The summed E-state index contributed by atoms with van der Waals surface area (Å²) >= 11 is 0. The monoisotopic (exact) mass is 408 g/mol. The van der Waals surface area contributed by atoms with Crippen molar-refractivity contribution in [3.8, 4) is 11.8 Å². The van der Waals surface area contributed by atoms with Crippen LogP contribution in [0.4, 0.5) is 5.69 Å². The molecule has 22 heavy (non-hydrogen) atoms. The molecule has 0 saturated carbocycles. The Morgan fingerprint density at radius 3 is 2.64 bits per heavy atom. The van der Waals surface area contributed by atoms with Gasteiger partial charge in [0.15, 0.2) is 5.96 Å². The molecule has 5 nitrogen and oxygen atoms in total. The van der Waals surface area contributed by atoms with Gasteiger partial charge in [-0.25, -0.2) is 4.99 Å². The number of guanidine groups is 1. The number of hydrogen-bond donors (Lipinski definition) is 2. The standard InChI is InChI=1S/C16H16N4O.HI/c1-21-15-4-2-3-14(9-15)20-16(18)19-11-13-7-5-12(10-17)6-8-13;/h2-9H,11H2,1H3,(H3,18,19,20);1H. The molecule has 0 atom stereocenters. The molecule has 0 radical (unpaired) electrons. The fourth-order valence-corrected chi connectivity index (χ4v) is 1.75. The van der Waals surface area contributed by atoms with Gasteiger partial charge in [-0.05, 0) is 29.8 Å². The normalized spacial score (nSPS) is 10.3. The van der Waals surface area contributed by atoms with E-state index in [1.54, 1.807) is 19.2 Å². The van der Waals surface area contributed by atoms with Crippen molar-refractivity contribution in [1.82, 2.24) is 0 Å². The predicted octanol–water partition coefficient (Wildman–Crippen LogP) is 3.11. The Kier molecular flexibility index (Phi) is 7.19. The number of methoxy groups -OCH3 is 1. The molecule has 2 aromatic carbocycles. The molecular weight excluding hydrogens is 391 g/mol. The van der Waals surface area contributed by atoms with Crippen LogP contribution in [0.3, 0.4) is 0 Å². The third kappa shape index (κ3) is 5.26. The fraction of sp³-hybridized carbons (Fsp3) is 0.125. The molecule has 0 aromatic heterocycles. The van der Waals surface area contributed by atoms with E-state index in [4.69, 9.17) is 15.7 Å². The lowest BCUT2D eigenvalue weighted by Crippen LogP contribution is -2.22. The van der Waals surface area contributed by atoms with E-state index >= 15 is 0 Å². The molecule has 0 aliphatic heterocycles. The molecule has 0 spiro atoms. The first-order valence-electron chi connectivity index (χ1n) is 6.41. The smallest absolute Gasteiger partial charge is 0.193 e. The number of nitrogens with one attached hydrogen (secondary N) is 1. The minimum absolute atomic E-state index is 0. The molecule has 3 N–H and O–H groups in total. The van der Waals surface area contributed by atoms with Crippen LogP contribution in [-0.2, 0) is 6.54 Å². The van der Waals surface area contributed by atoms with Crippen LogP contribution in [0, 0.1) is 11.3 Å². The van der Waals surface area contributed by atoms with Crippen LogP contribution < -0.4 is 15.8 Å². The molecular formula is C16H17IN4O. The van der Waals surface area contributed by atoms with Crippen molar-refractivity contribution in [2.24, 2.45) is 10.7 Å². The summed E-state index contributed by atoms with van der Waals surface area (Å²) in [6.45, 7) is 0.453. The topological polar surface area (TPSA) is 83.4 Å². The summed E-state index contributed by atoms with van der Waals surface area (Å²) in [5.74, 6) is 1.08. The second-order valence-corrected chi connectivity index (χ2v) is 4.37. The zero-order valence-electron chi connectivity index (χ0n) is 12.1. The zero-order chi connectivity index (χ0) is 15.1. The molecule has 0 amide bonds. The number of nitrogens with zero attached hydrogens (tertiary/aromatic N) is 2. The summed E-state index contributed by atoms with van der Waals surface area (Å²) in [4.78, 5) is 4.26. The van der Waals surface area contributed by atoms with Crippen molar-refractivity contribution in [1.29, 1.82) is 5.26 Å². The Morgan fingerprint density at radius 2 is 2.00 bits per heavy atom. The summed E-state index contributed by atoms with van der Waals surface area (Å²) in [5.41, 5.74) is 8.28. The van der Waals surface area contributed by atoms with E-state index in [9.17, 15) is 0 Å². The number of nitrogens with two attached hydrogens (primary N) is 1. The zero-order valence-corrected chi connectivity index (χ0v) is 14.4. The number of anilines is 1. The average Bonchev–Trinajstić information content (AvgIpc) is 2.53. The van der Waals surface area contributed by atoms with Gasteiger partial charge in [-0.3, -0.25) is 0 Å². The van der Waals surface area contributed by atoms with Crippen LogP contribution in [0.1, 0.15) is 11.1 Å². The molecule has 0 saturated heterocycles. The number of aliphatic imine (C=N–C) groups is 1. The molecule has 0 heterocycles. The van der Waals surface area contributed by atoms with Crippen molar-refractivity contribution in [3.63, 3.8) is 0 Å². The fourth-order valence-electron chi connectivity index (χ4n) is 1.75. The molecule has 2 rings (SSSR count). The lowest BCUT2D eigenvalue weighted by molar-refractivity contribution is 0.415. The molecule has 6 heteroatoms. The maximum absolute atomic E-state index is 8.74. The molecule has 2 aromatic rings. The first-order chi connectivity index (χ1) is 10.2. The van der Waals surface area contributed by atoms with E-state index in [1.165, 1.54) is 0 Å². The largest absolute Gasteiger partial charge is 0.497 e. The minimum Gasteiger partial charge on any atom is -0.497 e. The SMILES string of the molecule is COc1cccc(NC(N)=NCc2ccc(C#N)cc2)c1.I. The lowest BCUT2D eigenvalue weighted by atomic mass is 10.1. The van der Waals surface area contributed by atoms with Crippen LogP contribution in [0.5, 0.6) is 5.75 Å². The summed E-state index contributed by atoms with van der Waals surface area (Å²) in [7, 11) is 1.61. The van der Waals surface area contributed by atoms with E-state index in [-0.39, 0.29) is 24.0 Å². The lowest BCUT2D eigenvalue weighted by Gasteiger charge is -2.07. The van der Waals surface area contributed by atoms with Crippen LogP contribution in [-0.4, -0.2) is 13.1 Å². The number of benzene rings is 2. The predicted molar refractivity (Wildman–Crippen MR) is 98.5 cm³/mol. The second kappa shape index (κ2) is 8.89. The Labute approximate surface area is 146 Å². The quantitative estimate of drug-likeness (QED) is 0.463. The third-order valence-corrected chi connectivity index (χ3v) is 2.86. The first-order valence-corrected chi connectivity index (χ1v) is 6.41. The highest BCUT2D eigenvalue weighted by molar-refractivity contribution is 14.0.